The Hall–Kier alpha value is -1.55. The van der Waals surface area contributed by atoms with E-state index in [0.717, 1.165) is 0 Å². The average molecular weight is 213 g/mol. The minimum atomic E-state index is 0.212. The molecule has 0 saturated heterocycles. The largest absolute Gasteiger partial charge is 0.411 e. The van der Waals surface area contributed by atoms with Crippen LogP contribution in [0.4, 0.5) is 0 Å². The maximum Gasteiger partial charge on any atom is 0.134 e. The second-order valence-corrected chi connectivity index (χ2v) is 3.08. The molecule has 1 aromatic carbocycles. The van der Waals surface area contributed by atoms with Crippen molar-refractivity contribution in [3.63, 3.8) is 0 Å². The number of hydrogen-bond donors (Lipinski definition) is 2. The molecule has 2 N–H and O–H groups in total. The van der Waals surface area contributed by atoms with Gasteiger partial charge >= 0.3 is 0 Å². The molecule has 0 radical (unpaired) electrons. The first-order valence-electron chi connectivity index (χ1n) is 3.86. The fourth-order valence-electron chi connectivity index (χ4n) is 0.994. The molecule has 1 rings (SSSR count). The molecule has 0 aliphatic carbocycles. The molecule has 1 aromatic rings. The van der Waals surface area contributed by atoms with Gasteiger partial charge < -0.3 is 10.4 Å². The molecule has 0 aromatic heterocycles. The summed E-state index contributed by atoms with van der Waals surface area (Å²) in [4.78, 5) is 0. The Morgan fingerprint density at radius 3 is 2.14 bits per heavy atom. The lowest BCUT2D eigenvalue weighted by Crippen LogP contribution is -2.11. The molecule has 0 aliphatic rings. The van der Waals surface area contributed by atoms with Gasteiger partial charge in [0.1, 0.15) is 11.4 Å². The van der Waals surface area contributed by atoms with E-state index in [1.54, 1.807) is 24.3 Å². The number of halogens is 1. The summed E-state index contributed by atoms with van der Waals surface area (Å²) >= 11 is 5.69. The van der Waals surface area contributed by atoms with Crippen LogP contribution in [-0.4, -0.2) is 21.8 Å². The molecule has 0 unspecified atom stereocenters. The van der Waals surface area contributed by atoms with Crippen LogP contribution < -0.4 is 0 Å². The van der Waals surface area contributed by atoms with Crippen molar-refractivity contribution in [2.45, 2.75) is 6.92 Å². The lowest BCUT2D eigenvalue weighted by molar-refractivity contribution is 0.314. The first-order chi connectivity index (χ1) is 6.69. The highest BCUT2D eigenvalue weighted by Gasteiger charge is 2.08. The highest BCUT2D eigenvalue weighted by molar-refractivity contribution is 6.47. The number of benzene rings is 1. The first-order valence-corrected chi connectivity index (χ1v) is 4.24. The predicted molar refractivity (Wildman–Crippen MR) is 54.7 cm³/mol. The third kappa shape index (κ3) is 2.23. The summed E-state index contributed by atoms with van der Waals surface area (Å²) in [6.45, 7) is 1.53. The highest BCUT2D eigenvalue weighted by atomic mass is 35.5. The molecule has 0 heterocycles. The lowest BCUT2D eigenvalue weighted by Gasteiger charge is -2.01. The van der Waals surface area contributed by atoms with E-state index in [2.05, 4.69) is 10.3 Å². The molecular formula is C9H9ClN2O2. The Morgan fingerprint density at radius 2 is 1.71 bits per heavy atom. The van der Waals surface area contributed by atoms with Crippen LogP contribution in [0.25, 0.3) is 0 Å². The summed E-state index contributed by atoms with van der Waals surface area (Å²) in [7, 11) is 0. The van der Waals surface area contributed by atoms with Crippen molar-refractivity contribution in [3.8, 4) is 0 Å². The molecule has 0 amide bonds. The smallest absolute Gasteiger partial charge is 0.134 e. The van der Waals surface area contributed by atoms with Gasteiger partial charge in [-0.1, -0.05) is 34.0 Å². The minimum Gasteiger partial charge on any atom is -0.411 e. The fraction of sp³-hybridized carbons (Fsp3) is 0.111. The van der Waals surface area contributed by atoms with E-state index in [4.69, 9.17) is 22.0 Å². The van der Waals surface area contributed by atoms with Crippen LogP contribution in [0.2, 0.25) is 5.02 Å². The van der Waals surface area contributed by atoms with Gasteiger partial charge in [0.15, 0.2) is 0 Å². The minimum absolute atomic E-state index is 0.212. The van der Waals surface area contributed by atoms with E-state index in [1.165, 1.54) is 6.92 Å². The normalized spacial score (nSPS) is 13.0. The third-order valence-corrected chi connectivity index (χ3v) is 1.96. The Bertz CT molecular complexity index is 371. The van der Waals surface area contributed by atoms with Crippen LogP contribution in [0.1, 0.15) is 12.5 Å². The van der Waals surface area contributed by atoms with E-state index in [0.29, 0.717) is 10.6 Å². The second kappa shape index (κ2) is 4.62. The number of hydrogen-bond acceptors (Lipinski definition) is 4. The molecule has 5 heteroatoms. The van der Waals surface area contributed by atoms with Gasteiger partial charge in [0.05, 0.1) is 0 Å². The van der Waals surface area contributed by atoms with Gasteiger partial charge in [0.2, 0.25) is 0 Å². The summed E-state index contributed by atoms with van der Waals surface area (Å²) in [5, 5.41) is 23.8. The van der Waals surface area contributed by atoms with Crippen molar-refractivity contribution in [2.24, 2.45) is 10.3 Å². The Kier molecular flexibility index (Phi) is 3.48. The molecule has 0 fully saturated rings. The molecule has 14 heavy (non-hydrogen) atoms. The summed E-state index contributed by atoms with van der Waals surface area (Å²) in [5.74, 6) is 0. The Labute approximate surface area is 86.1 Å². The first kappa shape index (κ1) is 10.5. The van der Waals surface area contributed by atoms with Crippen molar-refractivity contribution >= 4 is 23.0 Å². The van der Waals surface area contributed by atoms with Gasteiger partial charge in [-0.25, -0.2) is 0 Å². The molecule has 0 atom stereocenters. The lowest BCUT2D eigenvalue weighted by atomic mass is 10.1. The SMILES string of the molecule is CC(=N\O)/C(=N/O)c1ccc(Cl)cc1. The molecule has 0 aliphatic heterocycles. The molecule has 0 saturated carbocycles. The number of oxime groups is 2. The van der Waals surface area contributed by atoms with Crippen molar-refractivity contribution in [3.05, 3.63) is 34.9 Å². The van der Waals surface area contributed by atoms with Crippen LogP contribution in [0.5, 0.6) is 0 Å². The summed E-state index contributed by atoms with van der Waals surface area (Å²) < 4.78 is 0. The van der Waals surface area contributed by atoms with Gasteiger partial charge in [-0.05, 0) is 19.1 Å². The van der Waals surface area contributed by atoms with Crippen LogP contribution in [-0.2, 0) is 0 Å². The van der Waals surface area contributed by atoms with Crippen LogP contribution in [0, 0.1) is 0 Å². The number of rotatable bonds is 2. The number of nitrogens with zero attached hydrogens (tertiary/aromatic N) is 2. The van der Waals surface area contributed by atoms with Crippen molar-refractivity contribution in [2.75, 3.05) is 0 Å². The second-order valence-electron chi connectivity index (χ2n) is 2.64. The Morgan fingerprint density at radius 1 is 1.14 bits per heavy atom. The summed E-state index contributed by atoms with van der Waals surface area (Å²) in [6.07, 6.45) is 0. The van der Waals surface area contributed by atoms with Gasteiger partial charge in [0.25, 0.3) is 0 Å². The molecule has 0 bridgehead atoms. The zero-order valence-corrected chi connectivity index (χ0v) is 8.23. The summed E-state index contributed by atoms with van der Waals surface area (Å²) in [6, 6.07) is 6.66. The zero-order valence-electron chi connectivity index (χ0n) is 7.48. The van der Waals surface area contributed by atoms with E-state index in [1.807, 2.05) is 0 Å². The standard InChI is InChI=1S/C9H9ClN2O2/c1-6(11-13)9(12-14)7-2-4-8(10)5-3-7/h2-5,13-14H,1H3/b11-6+,12-9-. The van der Waals surface area contributed by atoms with Gasteiger partial charge in [0, 0.05) is 10.6 Å². The van der Waals surface area contributed by atoms with E-state index >= 15 is 0 Å². The highest BCUT2D eigenvalue weighted by Crippen LogP contribution is 2.10. The summed E-state index contributed by atoms with van der Waals surface area (Å²) in [5.41, 5.74) is 1.08. The van der Waals surface area contributed by atoms with Gasteiger partial charge in [-0.15, -0.1) is 0 Å². The van der Waals surface area contributed by atoms with E-state index < -0.39 is 0 Å². The predicted octanol–water partition coefficient (Wildman–Crippen LogP) is 2.37. The van der Waals surface area contributed by atoms with E-state index in [-0.39, 0.29) is 11.4 Å². The van der Waals surface area contributed by atoms with E-state index in [9.17, 15) is 0 Å². The molecule has 4 nitrogen and oxygen atoms in total. The van der Waals surface area contributed by atoms with Crippen LogP contribution in [0.15, 0.2) is 34.6 Å². The molecular weight excluding hydrogens is 204 g/mol. The maximum absolute atomic E-state index is 8.71. The molecule has 74 valence electrons. The average Bonchev–Trinajstić information content (AvgIpc) is 2.21. The Balaban J connectivity index is 3.09. The molecule has 0 spiro atoms. The van der Waals surface area contributed by atoms with Gasteiger partial charge in [-0.3, -0.25) is 0 Å². The zero-order chi connectivity index (χ0) is 10.6. The maximum atomic E-state index is 8.71. The van der Waals surface area contributed by atoms with Crippen molar-refractivity contribution < 1.29 is 10.4 Å². The monoisotopic (exact) mass is 212 g/mol. The van der Waals surface area contributed by atoms with Gasteiger partial charge in [-0.2, -0.15) is 0 Å². The third-order valence-electron chi connectivity index (χ3n) is 1.71. The fourth-order valence-corrected chi connectivity index (χ4v) is 1.12. The van der Waals surface area contributed by atoms with Crippen molar-refractivity contribution in [1.29, 1.82) is 0 Å². The van der Waals surface area contributed by atoms with Crippen LogP contribution in [0.3, 0.4) is 0 Å². The van der Waals surface area contributed by atoms with Crippen LogP contribution >= 0.6 is 11.6 Å². The van der Waals surface area contributed by atoms with Crippen molar-refractivity contribution in [1.82, 2.24) is 0 Å². The quantitative estimate of drug-likeness (QED) is 0.449. The topological polar surface area (TPSA) is 65.2 Å².